The van der Waals surface area contributed by atoms with Crippen molar-refractivity contribution >= 4 is 26.9 Å². The second-order valence-corrected chi connectivity index (χ2v) is 11.0. The van der Waals surface area contributed by atoms with Gasteiger partial charge in [0.1, 0.15) is 5.60 Å². The molecule has 0 saturated carbocycles. The first-order valence-corrected chi connectivity index (χ1v) is 12.8. The fourth-order valence-corrected chi connectivity index (χ4v) is 4.17. The molecule has 0 atom stereocenters. The highest BCUT2D eigenvalue weighted by Crippen LogP contribution is 2.36. The monoisotopic (exact) mass is 516 g/mol. The Kier molecular flexibility index (Phi) is 7.48. The molecule has 0 amide bonds. The van der Waals surface area contributed by atoms with E-state index in [0.717, 1.165) is 17.9 Å². The van der Waals surface area contributed by atoms with Crippen LogP contribution in [0.15, 0.2) is 77.7 Å². The molecule has 0 saturated heterocycles. The summed E-state index contributed by atoms with van der Waals surface area (Å²) in [7, 11) is -3.39. The SMILES string of the molecule is Cc1cc(-c2cccc(S(C)(=O)=O)c2)ccc1N/C(=C\C(=N)C(C)(C)O)c1ccccc1C(F)(F)F. The minimum atomic E-state index is -4.63. The molecule has 0 aliphatic carbocycles. The van der Waals surface area contributed by atoms with Crippen LogP contribution >= 0.6 is 0 Å². The lowest BCUT2D eigenvalue weighted by atomic mass is 9.97. The lowest BCUT2D eigenvalue weighted by Gasteiger charge is -2.21. The van der Waals surface area contributed by atoms with Gasteiger partial charge < -0.3 is 15.8 Å². The van der Waals surface area contributed by atoms with Crippen LogP contribution in [0.1, 0.15) is 30.5 Å². The molecule has 0 aliphatic rings. The highest BCUT2D eigenvalue weighted by molar-refractivity contribution is 7.90. The van der Waals surface area contributed by atoms with Crippen molar-refractivity contribution in [3.05, 3.63) is 89.5 Å². The molecule has 0 bridgehead atoms. The first kappa shape index (κ1) is 27.2. The fourth-order valence-electron chi connectivity index (χ4n) is 3.50. The van der Waals surface area contributed by atoms with Gasteiger partial charge in [0.25, 0.3) is 0 Å². The molecule has 36 heavy (non-hydrogen) atoms. The van der Waals surface area contributed by atoms with Crippen molar-refractivity contribution in [3.8, 4) is 11.1 Å². The van der Waals surface area contributed by atoms with E-state index in [1.807, 2.05) is 0 Å². The molecule has 0 aromatic heterocycles. The zero-order chi connectivity index (χ0) is 26.9. The van der Waals surface area contributed by atoms with E-state index in [0.29, 0.717) is 16.8 Å². The van der Waals surface area contributed by atoms with Crippen LogP contribution in [-0.2, 0) is 16.0 Å². The van der Waals surface area contributed by atoms with Gasteiger partial charge in [-0.2, -0.15) is 13.2 Å². The Labute approximate surface area is 208 Å². The van der Waals surface area contributed by atoms with Crippen LogP contribution in [0.4, 0.5) is 18.9 Å². The van der Waals surface area contributed by atoms with Crippen molar-refractivity contribution in [2.24, 2.45) is 0 Å². The van der Waals surface area contributed by atoms with Crippen molar-refractivity contribution in [2.45, 2.75) is 37.4 Å². The largest absolute Gasteiger partial charge is 0.417 e. The minimum Gasteiger partial charge on any atom is -0.384 e. The van der Waals surface area contributed by atoms with Gasteiger partial charge in [-0.25, -0.2) is 8.42 Å². The van der Waals surface area contributed by atoms with E-state index in [4.69, 9.17) is 5.41 Å². The minimum absolute atomic E-state index is 0.00461. The molecular weight excluding hydrogens is 489 g/mol. The summed E-state index contributed by atoms with van der Waals surface area (Å²) in [5.41, 5.74) is -0.291. The van der Waals surface area contributed by atoms with E-state index in [9.17, 15) is 26.7 Å². The summed E-state index contributed by atoms with van der Waals surface area (Å²) in [6, 6.07) is 16.7. The summed E-state index contributed by atoms with van der Waals surface area (Å²) in [6.07, 6.45) is -2.31. The van der Waals surface area contributed by atoms with Gasteiger partial charge in [0, 0.05) is 23.2 Å². The predicted octanol–water partition coefficient (Wildman–Crippen LogP) is 6.33. The van der Waals surface area contributed by atoms with E-state index in [1.165, 1.54) is 44.2 Å². The van der Waals surface area contributed by atoms with Crippen LogP contribution < -0.4 is 5.32 Å². The Balaban J connectivity index is 2.08. The number of aryl methyl sites for hydroxylation is 1. The van der Waals surface area contributed by atoms with Gasteiger partial charge in [-0.1, -0.05) is 36.4 Å². The molecular formula is C27H27F3N2O3S. The zero-order valence-corrected chi connectivity index (χ0v) is 21.1. The summed E-state index contributed by atoms with van der Waals surface area (Å²) in [4.78, 5) is 0.180. The zero-order valence-electron chi connectivity index (χ0n) is 20.2. The summed E-state index contributed by atoms with van der Waals surface area (Å²) in [5.74, 6) is 0. The van der Waals surface area contributed by atoms with Gasteiger partial charge in [0.2, 0.25) is 0 Å². The molecule has 190 valence electrons. The number of aliphatic hydroxyl groups is 1. The third-order valence-electron chi connectivity index (χ3n) is 5.56. The van der Waals surface area contributed by atoms with Crippen LogP contribution in [0, 0.1) is 12.3 Å². The summed E-state index contributed by atoms with van der Waals surface area (Å²) in [5, 5.41) is 21.4. The lowest BCUT2D eigenvalue weighted by molar-refractivity contribution is -0.137. The Hall–Kier alpha value is -3.43. The third-order valence-corrected chi connectivity index (χ3v) is 6.67. The molecule has 0 fully saturated rings. The number of sulfone groups is 1. The smallest absolute Gasteiger partial charge is 0.384 e. The highest BCUT2D eigenvalue weighted by Gasteiger charge is 2.34. The fraction of sp³-hybridized carbons (Fsp3) is 0.222. The topological polar surface area (TPSA) is 90.3 Å². The number of nitrogens with one attached hydrogen (secondary N) is 2. The maximum atomic E-state index is 13.8. The van der Waals surface area contributed by atoms with Gasteiger partial charge >= 0.3 is 6.18 Å². The average Bonchev–Trinajstić information content (AvgIpc) is 2.78. The Morgan fingerprint density at radius 1 is 0.972 bits per heavy atom. The van der Waals surface area contributed by atoms with Gasteiger partial charge in [-0.05, 0) is 73.9 Å². The molecule has 0 radical (unpaired) electrons. The number of benzene rings is 3. The number of hydrogen-bond acceptors (Lipinski definition) is 5. The number of hydrogen-bond donors (Lipinski definition) is 3. The number of rotatable bonds is 7. The van der Waals surface area contributed by atoms with Gasteiger partial charge in [0.15, 0.2) is 9.84 Å². The van der Waals surface area contributed by atoms with Gasteiger partial charge in [-0.15, -0.1) is 0 Å². The Bertz CT molecular complexity index is 1440. The molecule has 3 aromatic rings. The van der Waals surface area contributed by atoms with Crippen LogP contribution in [0.5, 0.6) is 0 Å². The molecule has 0 spiro atoms. The van der Waals surface area contributed by atoms with Crippen molar-refractivity contribution in [1.82, 2.24) is 0 Å². The number of anilines is 1. The molecule has 0 unspecified atom stereocenters. The van der Waals surface area contributed by atoms with E-state index < -0.39 is 27.2 Å². The first-order valence-electron chi connectivity index (χ1n) is 11.0. The molecule has 3 aromatic carbocycles. The molecule has 5 nitrogen and oxygen atoms in total. The summed E-state index contributed by atoms with van der Waals surface area (Å²) in [6.45, 7) is 4.52. The average molecular weight is 517 g/mol. The maximum Gasteiger partial charge on any atom is 0.417 e. The molecule has 3 rings (SSSR count). The number of halogens is 3. The van der Waals surface area contributed by atoms with E-state index in [-0.39, 0.29) is 21.9 Å². The normalized spacial score (nSPS) is 12.9. The first-order chi connectivity index (χ1) is 16.6. The molecule has 9 heteroatoms. The lowest BCUT2D eigenvalue weighted by Crippen LogP contribution is -2.29. The van der Waals surface area contributed by atoms with Crippen LogP contribution in [-0.4, -0.2) is 31.1 Å². The van der Waals surface area contributed by atoms with Crippen molar-refractivity contribution in [2.75, 3.05) is 11.6 Å². The van der Waals surface area contributed by atoms with E-state index in [2.05, 4.69) is 5.32 Å². The highest BCUT2D eigenvalue weighted by atomic mass is 32.2. The van der Waals surface area contributed by atoms with Crippen LogP contribution in [0.2, 0.25) is 0 Å². The van der Waals surface area contributed by atoms with Crippen LogP contribution in [0.3, 0.4) is 0 Å². The third kappa shape index (κ3) is 6.41. The van der Waals surface area contributed by atoms with Crippen molar-refractivity contribution < 1.29 is 26.7 Å². The van der Waals surface area contributed by atoms with Gasteiger partial charge in [-0.3, -0.25) is 0 Å². The van der Waals surface area contributed by atoms with Crippen molar-refractivity contribution in [3.63, 3.8) is 0 Å². The number of alkyl halides is 3. The second kappa shape index (κ2) is 9.91. The Morgan fingerprint density at radius 3 is 2.19 bits per heavy atom. The summed E-state index contributed by atoms with van der Waals surface area (Å²) < 4.78 is 65.1. The van der Waals surface area contributed by atoms with E-state index >= 15 is 0 Å². The van der Waals surface area contributed by atoms with E-state index in [1.54, 1.807) is 43.3 Å². The standard InChI is InChI=1S/C27H27F3N2O3S/c1-17-14-19(18-8-7-9-20(15-18)36(4,34)35)12-13-23(17)32-24(16-25(31)26(2,3)33)21-10-5-6-11-22(21)27(28,29)30/h5-16,31-33H,1-4H3/b24-16-,31-25?. The quantitative estimate of drug-likeness (QED) is 0.320. The van der Waals surface area contributed by atoms with Crippen LogP contribution in [0.25, 0.3) is 16.8 Å². The van der Waals surface area contributed by atoms with Gasteiger partial charge in [0.05, 0.1) is 16.2 Å². The summed E-state index contributed by atoms with van der Waals surface area (Å²) >= 11 is 0. The second-order valence-electron chi connectivity index (χ2n) is 9.03. The molecule has 0 aliphatic heterocycles. The predicted molar refractivity (Wildman–Crippen MR) is 137 cm³/mol. The maximum absolute atomic E-state index is 13.8. The van der Waals surface area contributed by atoms with Crippen molar-refractivity contribution in [1.29, 1.82) is 5.41 Å². The molecule has 0 heterocycles. The molecule has 3 N–H and O–H groups in total. The Morgan fingerprint density at radius 2 is 1.61 bits per heavy atom.